The van der Waals surface area contributed by atoms with Crippen molar-refractivity contribution < 1.29 is 14.3 Å². The van der Waals surface area contributed by atoms with Crippen LogP contribution in [0.25, 0.3) is 0 Å². The van der Waals surface area contributed by atoms with E-state index in [1.54, 1.807) is 18.2 Å². The summed E-state index contributed by atoms with van der Waals surface area (Å²) in [6, 6.07) is 15.8. The molecule has 2 aromatic rings. The molecule has 112 valence electrons. The fraction of sp³-hybridized carbons (Fsp3) is 0.0625. The van der Waals surface area contributed by atoms with Crippen molar-refractivity contribution >= 4 is 18.0 Å². The van der Waals surface area contributed by atoms with Gasteiger partial charge < -0.3 is 10.5 Å². The molecule has 2 rings (SSSR count). The number of ether oxygens (including phenoxy) is 1. The van der Waals surface area contributed by atoms with E-state index in [9.17, 15) is 9.59 Å². The molecule has 0 unspecified atom stereocenters. The minimum Gasteiger partial charge on any atom is -0.483 e. The van der Waals surface area contributed by atoms with Gasteiger partial charge in [0, 0.05) is 0 Å². The molecule has 0 spiro atoms. The molecule has 2 amide bonds. The third-order valence-corrected chi connectivity index (χ3v) is 2.71. The lowest BCUT2D eigenvalue weighted by molar-refractivity contribution is -0.123. The SMILES string of the molecule is NC(=O)c1ccccc1OCC(=O)NN=Cc1ccccc1. The predicted molar refractivity (Wildman–Crippen MR) is 82.6 cm³/mol. The fourth-order valence-corrected chi connectivity index (χ4v) is 1.69. The minimum atomic E-state index is -0.613. The number of carbonyl (C=O) groups excluding carboxylic acids is 2. The average Bonchev–Trinajstić information content (AvgIpc) is 2.54. The number of nitrogens with one attached hydrogen (secondary N) is 1. The predicted octanol–water partition coefficient (Wildman–Crippen LogP) is 1.31. The number of hydrazone groups is 1. The van der Waals surface area contributed by atoms with Crippen molar-refractivity contribution in [2.45, 2.75) is 0 Å². The summed E-state index contributed by atoms with van der Waals surface area (Å²) in [6.07, 6.45) is 1.52. The third kappa shape index (κ3) is 4.45. The van der Waals surface area contributed by atoms with Crippen molar-refractivity contribution in [1.82, 2.24) is 5.43 Å². The molecule has 6 nitrogen and oxygen atoms in total. The van der Waals surface area contributed by atoms with Gasteiger partial charge in [0.05, 0.1) is 11.8 Å². The fourth-order valence-electron chi connectivity index (χ4n) is 1.69. The Labute approximate surface area is 127 Å². The van der Waals surface area contributed by atoms with Crippen LogP contribution < -0.4 is 15.9 Å². The summed E-state index contributed by atoms with van der Waals surface area (Å²) in [5, 5.41) is 3.82. The summed E-state index contributed by atoms with van der Waals surface area (Å²) >= 11 is 0. The van der Waals surface area contributed by atoms with Crippen LogP contribution in [0.2, 0.25) is 0 Å². The van der Waals surface area contributed by atoms with Crippen molar-refractivity contribution in [2.24, 2.45) is 10.8 Å². The van der Waals surface area contributed by atoms with Gasteiger partial charge in [-0.15, -0.1) is 0 Å². The quantitative estimate of drug-likeness (QED) is 0.622. The summed E-state index contributed by atoms with van der Waals surface area (Å²) in [7, 11) is 0. The highest BCUT2D eigenvalue weighted by Crippen LogP contribution is 2.16. The number of amides is 2. The second kappa shape index (κ2) is 7.58. The standard InChI is InChI=1S/C16H15N3O3/c17-16(21)13-8-4-5-9-14(13)22-11-15(20)19-18-10-12-6-2-1-3-7-12/h1-10H,11H2,(H2,17,21)(H,19,20). The van der Waals surface area contributed by atoms with Gasteiger partial charge in [0.25, 0.3) is 11.8 Å². The molecule has 0 saturated carbocycles. The van der Waals surface area contributed by atoms with Crippen molar-refractivity contribution in [3.63, 3.8) is 0 Å². The molecular weight excluding hydrogens is 282 g/mol. The van der Waals surface area contributed by atoms with E-state index in [2.05, 4.69) is 10.5 Å². The van der Waals surface area contributed by atoms with E-state index in [0.29, 0.717) is 0 Å². The molecule has 0 bridgehead atoms. The normalized spacial score (nSPS) is 10.4. The van der Waals surface area contributed by atoms with E-state index in [4.69, 9.17) is 10.5 Å². The molecule has 0 saturated heterocycles. The molecule has 0 aliphatic carbocycles. The van der Waals surface area contributed by atoms with Crippen LogP contribution in [0.15, 0.2) is 59.7 Å². The maximum atomic E-state index is 11.6. The van der Waals surface area contributed by atoms with E-state index in [1.807, 2.05) is 30.3 Å². The van der Waals surface area contributed by atoms with Gasteiger partial charge in [-0.1, -0.05) is 42.5 Å². The Hall–Kier alpha value is -3.15. The number of carbonyl (C=O) groups is 2. The average molecular weight is 297 g/mol. The Kier molecular flexibility index (Phi) is 5.25. The monoisotopic (exact) mass is 297 g/mol. The second-order valence-corrected chi connectivity index (χ2v) is 4.35. The van der Waals surface area contributed by atoms with E-state index < -0.39 is 11.8 Å². The van der Waals surface area contributed by atoms with Gasteiger partial charge in [0.2, 0.25) is 0 Å². The first-order chi connectivity index (χ1) is 10.7. The summed E-state index contributed by atoms with van der Waals surface area (Å²) in [6.45, 7) is -0.267. The topological polar surface area (TPSA) is 93.8 Å². The molecule has 6 heteroatoms. The Morgan fingerprint density at radius 2 is 1.77 bits per heavy atom. The van der Waals surface area contributed by atoms with E-state index >= 15 is 0 Å². The van der Waals surface area contributed by atoms with Gasteiger partial charge in [-0.05, 0) is 17.7 Å². The number of benzene rings is 2. The summed E-state index contributed by atoms with van der Waals surface area (Å²) in [5.41, 5.74) is 8.65. The molecule has 2 aromatic carbocycles. The Morgan fingerprint density at radius 3 is 2.50 bits per heavy atom. The van der Waals surface area contributed by atoms with Crippen LogP contribution in [-0.4, -0.2) is 24.6 Å². The van der Waals surface area contributed by atoms with Gasteiger partial charge >= 0.3 is 0 Å². The number of rotatable bonds is 6. The lowest BCUT2D eigenvalue weighted by atomic mass is 10.2. The Morgan fingerprint density at radius 1 is 1.09 bits per heavy atom. The van der Waals surface area contributed by atoms with Crippen LogP contribution in [0.5, 0.6) is 5.75 Å². The van der Waals surface area contributed by atoms with Gasteiger partial charge in [0.1, 0.15) is 5.75 Å². The molecule has 0 aromatic heterocycles. The number of primary amides is 1. The number of hydrogen-bond acceptors (Lipinski definition) is 4. The highest BCUT2D eigenvalue weighted by atomic mass is 16.5. The Bertz CT molecular complexity index is 684. The van der Waals surface area contributed by atoms with E-state index in [-0.39, 0.29) is 17.9 Å². The molecule has 0 radical (unpaired) electrons. The lowest BCUT2D eigenvalue weighted by Gasteiger charge is -2.08. The second-order valence-electron chi connectivity index (χ2n) is 4.35. The van der Waals surface area contributed by atoms with Crippen LogP contribution in [0.4, 0.5) is 0 Å². The third-order valence-electron chi connectivity index (χ3n) is 2.71. The van der Waals surface area contributed by atoms with Crippen molar-refractivity contribution in [3.8, 4) is 5.75 Å². The van der Waals surface area contributed by atoms with E-state index in [0.717, 1.165) is 5.56 Å². The molecule has 0 aliphatic rings. The largest absolute Gasteiger partial charge is 0.483 e. The van der Waals surface area contributed by atoms with Gasteiger partial charge in [-0.3, -0.25) is 9.59 Å². The molecule has 0 aliphatic heterocycles. The highest BCUT2D eigenvalue weighted by Gasteiger charge is 2.09. The number of nitrogens with zero attached hydrogens (tertiary/aromatic N) is 1. The van der Waals surface area contributed by atoms with Gasteiger partial charge in [-0.25, -0.2) is 5.43 Å². The minimum absolute atomic E-state index is 0.225. The van der Waals surface area contributed by atoms with E-state index in [1.165, 1.54) is 12.3 Å². The first-order valence-electron chi connectivity index (χ1n) is 6.55. The number of para-hydroxylation sites is 1. The summed E-state index contributed by atoms with van der Waals surface area (Å²) < 4.78 is 5.28. The van der Waals surface area contributed by atoms with Crippen LogP contribution >= 0.6 is 0 Å². The molecule has 22 heavy (non-hydrogen) atoms. The first kappa shape index (κ1) is 15.2. The number of hydrogen-bond donors (Lipinski definition) is 2. The molecule has 0 fully saturated rings. The zero-order chi connectivity index (χ0) is 15.8. The van der Waals surface area contributed by atoms with Crippen LogP contribution in [0.3, 0.4) is 0 Å². The first-order valence-corrected chi connectivity index (χ1v) is 6.55. The summed E-state index contributed by atoms with van der Waals surface area (Å²) in [5.74, 6) is -0.790. The maximum absolute atomic E-state index is 11.6. The zero-order valence-corrected chi connectivity index (χ0v) is 11.7. The van der Waals surface area contributed by atoms with Crippen molar-refractivity contribution in [3.05, 3.63) is 65.7 Å². The maximum Gasteiger partial charge on any atom is 0.277 e. The lowest BCUT2D eigenvalue weighted by Crippen LogP contribution is -2.25. The van der Waals surface area contributed by atoms with Crippen molar-refractivity contribution in [2.75, 3.05) is 6.61 Å². The molecule has 0 heterocycles. The van der Waals surface area contributed by atoms with Gasteiger partial charge in [-0.2, -0.15) is 5.10 Å². The zero-order valence-electron chi connectivity index (χ0n) is 11.7. The van der Waals surface area contributed by atoms with Crippen LogP contribution in [-0.2, 0) is 4.79 Å². The smallest absolute Gasteiger partial charge is 0.277 e. The molecular formula is C16H15N3O3. The van der Waals surface area contributed by atoms with Gasteiger partial charge in [0.15, 0.2) is 6.61 Å². The number of nitrogens with two attached hydrogens (primary N) is 1. The Balaban J connectivity index is 1.86. The molecule has 0 atom stereocenters. The summed E-state index contributed by atoms with van der Waals surface area (Å²) in [4.78, 5) is 22.8. The highest BCUT2D eigenvalue weighted by molar-refractivity contribution is 5.95. The van der Waals surface area contributed by atoms with Crippen LogP contribution in [0.1, 0.15) is 15.9 Å². The molecule has 3 N–H and O–H groups in total. The van der Waals surface area contributed by atoms with Crippen LogP contribution in [0, 0.1) is 0 Å². The van der Waals surface area contributed by atoms with Crippen molar-refractivity contribution in [1.29, 1.82) is 0 Å².